The summed E-state index contributed by atoms with van der Waals surface area (Å²) in [4.78, 5) is 4.31. The molecule has 0 aliphatic rings. The Kier molecular flexibility index (Phi) is 5.80. The molecule has 0 atom stereocenters. The van der Waals surface area contributed by atoms with Crippen LogP contribution < -0.4 is 15.8 Å². The average molecular weight is 299 g/mol. The maximum Gasteiger partial charge on any atom is 0.193 e. The molecule has 0 saturated heterocycles. The van der Waals surface area contributed by atoms with E-state index in [4.69, 9.17) is 15.6 Å². The zero-order valence-corrected chi connectivity index (χ0v) is 12.6. The van der Waals surface area contributed by atoms with Crippen molar-refractivity contribution in [2.75, 3.05) is 19.0 Å². The highest BCUT2D eigenvalue weighted by atomic mass is 16.5. The van der Waals surface area contributed by atoms with Crippen LogP contribution in [0.4, 0.5) is 5.69 Å². The van der Waals surface area contributed by atoms with Gasteiger partial charge in [0, 0.05) is 18.3 Å². The molecule has 0 aliphatic carbocycles. The molecule has 2 aromatic carbocycles. The Morgan fingerprint density at radius 2 is 1.91 bits per heavy atom. The number of anilines is 1. The minimum atomic E-state index is 0.0653. The number of benzene rings is 2. The lowest BCUT2D eigenvalue weighted by atomic mass is 10.1. The van der Waals surface area contributed by atoms with E-state index in [0.29, 0.717) is 12.5 Å². The molecule has 4 N–H and O–H groups in total. The molecule has 2 aromatic rings. The first kappa shape index (κ1) is 15.9. The van der Waals surface area contributed by atoms with Crippen molar-refractivity contribution >= 4 is 11.6 Å². The Morgan fingerprint density at radius 3 is 2.59 bits per heavy atom. The molecular weight excluding hydrogens is 278 g/mol. The number of guanidine groups is 1. The van der Waals surface area contributed by atoms with E-state index in [9.17, 15) is 0 Å². The van der Waals surface area contributed by atoms with Crippen molar-refractivity contribution in [3.8, 4) is 5.75 Å². The van der Waals surface area contributed by atoms with E-state index in [2.05, 4.69) is 10.3 Å². The lowest BCUT2D eigenvalue weighted by molar-refractivity contribution is 0.282. The van der Waals surface area contributed by atoms with Gasteiger partial charge in [-0.05, 0) is 29.7 Å². The Bertz CT molecular complexity index is 624. The molecule has 0 heterocycles. The molecule has 0 unspecified atom stereocenters. The van der Waals surface area contributed by atoms with Gasteiger partial charge in [0.15, 0.2) is 5.96 Å². The smallest absolute Gasteiger partial charge is 0.193 e. The third-order valence-corrected chi connectivity index (χ3v) is 3.23. The number of aliphatic hydroxyl groups is 1. The number of nitrogens with two attached hydrogens (primary N) is 1. The van der Waals surface area contributed by atoms with Crippen LogP contribution in [-0.4, -0.2) is 24.7 Å². The van der Waals surface area contributed by atoms with Crippen LogP contribution in [-0.2, 0) is 13.0 Å². The van der Waals surface area contributed by atoms with E-state index < -0.39 is 0 Å². The first-order valence-corrected chi connectivity index (χ1v) is 7.11. The Labute approximate surface area is 130 Å². The van der Waals surface area contributed by atoms with Gasteiger partial charge in [0.1, 0.15) is 5.75 Å². The van der Waals surface area contributed by atoms with Crippen molar-refractivity contribution in [1.82, 2.24) is 0 Å². The summed E-state index contributed by atoms with van der Waals surface area (Å²) in [6.07, 6.45) is 0.798. The molecule has 0 amide bonds. The number of aliphatic imine (C=N–C) groups is 1. The molecule has 5 nitrogen and oxygen atoms in total. The number of hydrogen-bond acceptors (Lipinski definition) is 3. The molecule has 0 bridgehead atoms. The van der Waals surface area contributed by atoms with Crippen LogP contribution in [0.25, 0.3) is 0 Å². The first-order valence-electron chi connectivity index (χ1n) is 7.11. The molecular formula is C17H21N3O2. The van der Waals surface area contributed by atoms with E-state index >= 15 is 0 Å². The Morgan fingerprint density at radius 1 is 1.18 bits per heavy atom. The summed E-state index contributed by atoms with van der Waals surface area (Å²) >= 11 is 0. The van der Waals surface area contributed by atoms with Crippen LogP contribution in [0.3, 0.4) is 0 Å². The maximum atomic E-state index is 9.00. The summed E-state index contributed by atoms with van der Waals surface area (Å²) in [5.74, 6) is 1.14. The van der Waals surface area contributed by atoms with Gasteiger partial charge in [-0.1, -0.05) is 30.3 Å². The van der Waals surface area contributed by atoms with Gasteiger partial charge in [-0.15, -0.1) is 0 Å². The summed E-state index contributed by atoms with van der Waals surface area (Å²) < 4.78 is 5.16. The number of ether oxygens (including phenoxy) is 1. The average Bonchev–Trinajstić information content (AvgIpc) is 2.55. The monoisotopic (exact) mass is 299 g/mol. The summed E-state index contributed by atoms with van der Waals surface area (Å²) in [6.45, 7) is 0.664. The van der Waals surface area contributed by atoms with Crippen LogP contribution in [0.15, 0.2) is 53.5 Å². The number of nitrogens with zero attached hydrogens (tertiary/aromatic N) is 1. The fraction of sp³-hybridized carbons (Fsp3) is 0.235. The van der Waals surface area contributed by atoms with E-state index in [0.717, 1.165) is 29.0 Å². The molecule has 5 heteroatoms. The number of rotatable bonds is 6. The van der Waals surface area contributed by atoms with Crippen molar-refractivity contribution in [3.63, 3.8) is 0 Å². The summed E-state index contributed by atoms with van der Waals surface area (Å²) in [6, 6.07) is 15.3. The topological polar surface area (TPSA) is 79.9 Å². The highest BCUT2D eigenvalue weighted by Crippen LogP contribution is 2.16. The lowest BCUT2D eigenvalue weighted by Crippen LogP contribution is -2.23. The second kappa shape index (κ2) is 8.05. The van der Waals surface area contributed by atoms with Crippen LogP contribution in [0.2, 0.25) is 0 Å². The second-order valence-corrected chi connectivity index (χ2v) is 4.85. The SMILES string of the molecule is COc1cccc(NC(N)=NCCc2ccc(CO)cc2)c1. The fourth-order valence-corrected chi connectivity index (χ4v) is 2.01. The Hall–Kier alpha value is -2.53. The minimum absolute atomic E-state index is 0.0653. The number of hydrogen-bond donors (Lipinski definition) is 3. The highest BCUT2D eigenvalue weighted by molar-refractivity contribution is 5.92. The van der Waals surface area contributed by atoms with E-state index in [1.807, 2.05) is 48.5 Å². The van der Waals surface area contributed by atoms with Crippen molar-refractivity contribution in [1.29, 1.82) is 0 Å². The molecule has 0 saturated carbocycles. The Balaban J connectivity index is 1.86. The van der Waals surface area contributed by atoms with Gasteiger partial charge in [0.05, 0.1) is 13.7 Å². The van der Waals surface area contributed by atoms with Crippen LogP contribution in [0, 0.1) is 0 Å². The number of methoxy groups -OCH3 is 1. The third kappa shape index (κ3) is 4.79. The zero-order chi connectivity index (χ0) is 15.8. The molecule has 0 spiro atoms. The predicted octanol–water partition coefficient (Wildman–Crippen LogP) is 2.16. The highest BCUT2D eigenvalue weighted by Gasteiger charge is 1.98. The predicted molar refractivity (Wildman–Crippen MR) is 89.2 cm³/mol. The number of aliphatic hydroxyl groups excluding tert-OH is 1. The molecule has 0 aliphatic heterocycles. The van der Waals surface area contributed by atoms with Gasteiger partial charge in [-0.25, -0.2) is 0 Å². The van der Waals surface area contributed by atoms with E-state index in [-0.39, 0.29) is 6.61 Å². The van der Waals surface area contributed by atoms with Crippen LogP contribution >= 0.6 is 0 Å². The van der Waals surface area contributed by atoms with E-state index in [1.165, 1.54) is 0 Å². The molecule has 0 fully saturated rings. The van der Waals surface area contributed by atoms with Gasteiger partial charge >= 0.3 is 0 Å². The van der Waals surface area contributed by atoms with Crippen molar-refractivity contribution in [3.05, 3.63) is 59.7 Å². The van der Waals surface area contributed by atoms with Gasteiger partial charge < -0.3 is 20.9 Å². The quantitative estimate of drug-likeness (QED) is 0.564. The minimum Gasteiger partial charge on any atom is -0.497 e. The van der Waals surface area contributed by atoms with Crippen LogP contribution in [0.1, 0.15) is 11.1 Å². The normalized spacial score (nSPS) is 11.3. The maximum absolute atomic E-state index is 9.00. The van der Waals surface area contributed by atoms with Gasteiger partial charge in [-0.2, -0.15) is 0 Å². The lowest BCUT2D eigenvalue weighted by Gasteiger charge is -2.07. The first-order chi connectivity index (χ1) is 10.7. The summed E-state index contributed by atoms with van der Waals surface area (Å²) in [5, 5.41) is 12.0. The molecule has 0 aromatic heterocycles. The summed E-state index contributed by atoms with van der Waals surface area (Å²) in [5.41, 5.74) is 8.78. The van der Waals surface area contributed by atoms with Crippen molar-refractivity contribution < 1.29 is 9.84 Å². The van der Waals surface area contributed by atoms with Crippen molar-refractivity contribution in [2.24, 2.45) is 10.7 Å². The third-order valence-electron chi connectivity index (χ3n) is 3.23. The van der Waals surface area contributed by atoms with Crippen LogP contribution in [0.5, 0.6) is 5.75 Å². The van der Waals surface area contributed by atoms with E-state index in [1.54, 1.807) is 7.11 Å². The molecule has 0 radical (unpaired) electrons. The zero-order valence-electron chi connectivity index (χ0n) is 12.6. The standard InChI is InChI=1S/C17H21N3O2/c1-22-16-4-2-3-15(11-16)20-17(18)19-10-9-13-5-7-14(12-21)8-6-13/h2-8,11,21H,9-10,12H2,1H3,(H3,18,19,20). The summed E-state index contributed by atoms with van der Waals surface area (Å²) in [7, 11) is 1.62. The van der Waals surface area contributed by atoms with Gasteiger partial charge in [-0.3, -0.25) is 4.99 Å². The van der Waals surface area contributed by atoms with Gasteiger partial charge in [0.25, 0.3) is 0 Å². The largest absolute Gasteiger partial charge is 0.497 e. The van der Waals surface area contributed by atoms with Gasteiger partial charge in [0.2, 0.25) is 0 Å². The molecule has 116 valence electrons. The molecule has 2 rings (SSSR count). The number of nitrogens with one attached hydrogen (secondary N) is 1. The molecule has 22 heavy (non-hydrogen) atoms. The fourth-order valence-electron chi connectivity index (χ4n) is 2.01. The second-order valence-electron chi connectivity index (χ2n) is 4.85. The van der Waals surface area contributed by atoms with Crippen molar-refractivity contribution in [2.45, 2.75) is 13.0 Å².